The molecule has 1 atom stereocenters. The molecule has 0 aliphatic carbocycles. The number of ether oxygens (including phenoxy) is 1. The molecule has 17 heavy (non-hydrogen) atoms. The molecule has 0 spiro atoms. The third kappa shape index (κ3) is 2.41. The summed E-state index contributed by atoms with van der Waals surface area (Å²) in [5.74, 6) is 0.819. The first-order chi connectivity index (χ1) is 7.94. The van der Waals surface area contributed by atoms with Gasteiger partial charge in [-0.25, -0.2) is 0 Å². The monoisotopic (exact) mass is 255 g/mol. The van der Waals surface area contributed by atoms with E-state index in [2.05, 4.69) is 13.8 Å². The molecule has 0 saturated carbocycles. The molecule has 3 N–H and O–H groups in total. The fraction of sp³-hybridized carbons (Fsp3) is 0.538. The van der Waals surface area contributed by atoms with E-state index in [1.54, 1.807) is 6.07 Å². The number of aliphatic hydroxyl groups excluding tert-OH is 1. The first-order valence-corrected chi connectivity index (χ1v) is 6.21. The van der Waals surface area contributed by atoms with Crippen molar-refractivity contribution in [2.75, 3.05) is 6.54 Å². The molecule has 0 saturated heterocycles. The van der Waals surface area contributed by atoms with Gasteiger partial charge < -0.3 is 15.6 Å². The Balaban J connectivity index is 2.41. The molecule has 4 heteroatoms. The Morgan fingerprint density at radius 2 is 2.24 bits per heavy atom. The SMILES string of the molecule is CC1(C)CCc2c(ccc(C(O)CN)c2Cl)O1. The summed E-state index contributed by atoms with van der Waals surface area (Å²) in [4.78, 5) is 0. The van der Waals surface area contributed by atoms with Gasteiger partial charge in [0.25, 0.3) is 0 Å². The third-order valence-corrected chi connectivity index (χ3v) is 3.62. The van der Waals surface area contributed by atoms with Crippen LogP contribution in [0.4, 0.5) is 0 Å². The Morgan fingerprint density at radius 3 is 2.88 bits per heavy atom. The van der Waals surface area contributed by atoms with Crippen LogP contribution in [-0.2, 0) is 6.42 Å². The van der Waals surface area contributed by atoms with Gasteiger partial charge in [-0.15, -0.1) is 0 Å². The summed E-state index contributed by atoms with van der Waals surface area (Å²) >= 11 is 6.30. The molecule has 1 aliphatic rings. The lowest BCUT2D eigenvalue weighted by Gasteiger charge is -2.33. The van der Waals surface area contributed by atoms with Gasteiger partial charge in [-0.2, -0.15) is 0 Å². The lowest BCUT2D eigenvalue weighted by molar-refractivity contribution is 0.0845. The Labute approximate surface area is 107 Å². The van der Waals surface area contributed by atoms with Crippen LogP contribution < -0.4 is 10.5 Å². The maximum Gasteiger partial charge on any atom is 0.124 e. The average molecular weight is 256 g/mol. The van der Waals surface area contributed by atoms with Gasteiger partial charge in [0.05, 0.1) is 11.1 Å². The summed E-state index contributed by atoms with van der Waals surface area (Å²) in [7, 11) is 0. The lowest BCUT2D eigenvalue weighted by Crippen LogP contribution is -2.32. The zero-order chi connectivity index (χ0) is 12.6. The van der Waals surface area contributed by atoms with Crippen LogP contribution in [0.3, 0.4) is 0 Å². The van der Waals surface area contributed by atoms with Crippen LogP contribution >= 0.6 is 11.6 Å². The quantitative estimate of drug-likeness (QED) is 0.854. The third-order valence-electron chi connectivity index (χ3n) is 3.18. The van der Waals surface area contributed by atoms with Gasteiger partial charge in [0.15, 0.2) is 0 Å². The average Bonchev–Trinajstić information content (AvgIpc) is 2.27. The van der Waals surface area contributed by atoms with E-state index in [4.69, 9.17) is 22.1 Å². The fourth-order valence-corrected chi connectivity index (χ4v) is 2.49. The highest BCUT2D eigenvalue weighted by Gasteiger charge is 2.29. The minimum Gasteiger partial charge on any atom is -0.488 e. The molecule has 1 aromatic carbocycles. The van der Waals surface area contributed by atoms with E-state index in [0.717, 1.165) is 24.2 Å². The van der Waals surface area contributed by atoms with Crippen molar-refractivity contribution in [3.8, 4) is 5.75 Å². The van der Waals surface area contributed by atoms with E-state index in [1.807, 2.05) is 6.07 Å². The Bertz CT molecular complexity index is 432. The Kier molecular flexibility index (Phi) is 3.34. The number of hydrogen-bond donors (Lipinski definition) is 2. The first-order valence-electron chi connectivity index (χ1n) is 5.83. The second-order valence-corrected chi connectivity index (χ2v) is 5.44. The number of aliphatic hydroxyl groups is 1. The normalized spacial score (nSPS) is 19.4. The Hall–Kier alpha value is -0.770. The van der Waals surface area contributed by atoms with Crippen molar-refractivity contribution in [3.05, 3.63) is 28.3 Å². The summed E-state index contributed by atoms with van der Waals surface area (Å²) in [5, 5.41) is 10.4. The van der Waals surface area contributed by atoms with E-state index >= 15 is 0 Å². The highest BCUT2D eigenvalue weighted by Crippen LogP contribution is 2.39. The number of fused-ring (bicyclic) bond motifs is 1. The zero-order valence-corrected chi connectivity index (χ0v) is 10.9. The van der Waals surface area contributed by atoms with Gasteiger partial charge >= 0.3 is 0 Å². The molecule has 3 nitrogen and oxygen atoms in total. The summed E-state index contributed by atoms with van der Waals surface area (Å²) < 4.78 is 5.87. The number of nitrogens with two attached hydrogens (primary N) is 1. The molecule has 0 radical (unpaired) electrons. The van der Waals surface area contributed by atoms with Crippen molar-refractivity contribution in [1.82, 2.24) is 0 Å². The lowest BCUT2D eigenvalue weighted by atomic mass is 9.92. The summed E-state index contributed by atoms with van der Waals surface area (Å²) in [6, 6.07) is 3.66. The second-order valence-electron chi connectivity index (χ2n) is 5.06. The molecule has 1 aliphatic heterocycles. The van der Waals surface area contributed by atoms with Crippen molar-refractivity contribution in [1.29, 1.82) is 0 Å². The number of hydrogen-bond acceptors (Lipinski definition) is 3. The predicted octanol–water partition coefficient (Wildman–Crippen LogP) is 2.44. The van der Waals surface area contributed by atoms with E-state index < -0.39 is 6.10 Å². The number of benzene rings is 1. The molecule has 1 unspecified atom stereocenters. The van der Waals surface area contributed by atoms with Crippen LogP contribution in [0.1, 0.15) is 37.5 Å². The Morgan fingerprint density at radius 1 is 1.53 bits per heavy atom. The van der Waals surface area contributed by atoms with Gasteiger partial charge in [0, 0.05) is 17.7 Å². The summed E-state index contributed by atoms with van der Waals surface area (Å²) in [6.45, 7) is 4.30. The van der Waals surface area contributed by atoms with Crippen molar-refractivity contribution in [3.63, 3.8) is 0 Å². The number of halogens is 1. The van der Waals surface area contributed by atoms with E-state index in [-0.39, 0.29) is 12.1 Å². The highest BCUT2D eigenvalue weighted by molar-refractivity contribution is 6.32. The van der Waals surface area contributed by atoms with E-state index in [1.165, 1.54) is 0 Å². The maximum absolute atomic E-state index is 9.76. The van der Waals surface area contributed by atoms with Crippen LogP contribution in [0, 0.1) is 0 Å². The van der Waals surface area contributed by atoms with Gasteiger partial charge in [-0.1, -0.05) is 17.7 Å². The van der Waals surface area contributed by atoms with Crippen LogP contribution in [0.15, 0.2) is 12.1 Å². The molecule has 0 bridgehead atoms. The molecule has 0 aromatic heterocycles. The molecule has 1 aromatic rings. The fourth-order valence-electron chi connectivity index (χ4n) is 2.11. The second kappa shape index (κ2) is 4.48. The largest absolute Gasteiger partial charge is 0.488 e. The van der Waals surface area contributed by atoms with E-state index in [9.17, 15) is 5.11 Å². The molecular formula is C13H18ClNO2. The van der Waals surface area contributed by atoms with Gasteiger partial charge in [-0.3, -0.25) is 0 Å². The van der Waals surface area contributed by atoms with Crippen LogP contribution in [0.25, 0.3) is 0 Å². The smallest absolute Gasteiger partial charge is 0.124 e. The molecule has 0 fully saturated rings. The standard InChI is InChI=1S/C13H18ClNO2/c1-13(2)6-5-9-11(17-13)4-3-8(12(9)14)10(16)7-15/h3-4,10,16H,5-7,15H2,1-2H3. The van der Waals surface area contributed by atoms with Crippen LogP contribution in [-0.4, -0.2) is 17.3 Å². The van der Waals surface area contributed by atoms with Gasteiger partial charge in [0.1, 0.15) is 11.4 Å². The molecule has 1 heterocycles. The van der Waals surface area contributed by atoms with Crippen molar-refractivity contribution >= 4 is 11.6 Å². The number of rotatable bonds is 2. The first kappa shape index (κ1) is 12.7. The minimum absolute atomic E-state index is 0.148. The molecule has 2 rings (SSSR count). The van der Waals surface area contributed by atoms with Crippen LogP contribution in [0.2, 0.25) is 5.02 Å². The van der Waals surface area contributed by atoms with Gasteiger partial charge in [0.2, 0.25) is 0 Å². The summed E-state index contributed by atoms with van der Waals surface area (Å²) in [5.41, 5.74) is 6.98. The molecular weight excluding hydrogens is 238 g/mol. The molecule has 0 amide bonds. The highest BCUT2D eigenvalue weighted by atomic mass is 35.5. The van der Waals surface area contributed by atoms with Crippen LogP contribution in [0.5, 0.6) is 5.75 Å². The van der Waals surface area contributed by atoms with Gasteiger partial charge in [-0.05, 0) is 32.8 Å². The minimum atomic E-state index is -0.706. The maximum atomic E-state index is 9.76. The van der Waals surface area contributed by atoms with Crippen molar-refractivity contribution in [2.45, 2.75) is 38.4 Å². The molecule has 94 valence electrons. The topological polar surface area (TPSA) is 55.5 Å². The van der Waals surface area contributed by atoms with Crippen molar-refractivity contribution in [2.24, 2.45) is 5.73 Å². The predicted molar refractivity (Wildman–Crippen MR) is 68.5 cm³/mol. The van der Waals surface area contributed by atoms with E-state index in [0.29, 0.717) is 10.6 Å². The zero-order valence-electron chi connectivity index (χ0n) is 10.2. The summed E-state index contributed by atoms with van der Waals surface area (Å²) in [6.07, 6.45) is 1.08. The van der Waals surface area contributed by atoms with Crippen molar-refractivity contribution < 1.29 is 9.84 Å².